The van der Waals surface area contributed by atoms with Gasteiger partial charge in [0, 0.05) is 28.6 Å². The van der Waals surface area contributed by atoms with Crippen LogP contribution in [0.4, 0.5) is 0 Å². The van der Waals surface area contributed by atoms with Gasteiger partial charge in [0.05, 0.1) is 14.2 Å². The highest BCUT2D eigenvalue weighted by Gasteiger charge is 2.24. The van der Waals surface area contributed by atoms with Crippen molar-refractivity contribution in [3.05, 3.63) is 82.0 Å². The standard InChI is InChI=1S/C22H22N2O4S/c1-27-17-11-10-16(18(13-17)28-2)14-23-22(26)20(19-9-6-12-29-19)24-21(25)15-7-4-3-5-8-15/h3-13,20H,14H2,1-2H3,(H,23,26)(H,24,25). The van der Waals surface area contributed by atoms with Crippen LogP contribution in [0.2, 0.25) is 0 Å². The van der Waals surface area contributed by atoms with Crippen LogP contribution in [0.5, 0.6) is 11.5 Å². The Morgan fingerprint density at radius 2 is 1.79 bits per heavy atom. The summed E-state index contributed by atoms with van der Waals surface area (Å²) in [5, 5.41) is 7.59. The Morgan fingerprint density at radius 3 is 2.45 bits per heavy atom. The SMILES string of the molecule is COc1ccc(CNC(=O)C(NC(=O)c2ccccc2)c2cccs2)c(OC)c1. The predicted molar refractivity (Wildman–Crippen MR) is 112 cm³/mol. The second-order valence-electron chi connectivity index (χ2n) is 6.18. The highest BCUT2D eigenvalue weighted by atomic mass is 32.1. The summed E-state index contributed by atoms with van der Waals surface area (Å²) in [6.07, 6.45) is 0. The van der Waals surface area contributed by atoms with Gasteiger partial charge in [0.25, 0.3) is 5.91 Å². The third kappa shape index (κ3) is 5.14. The van der Waals surface area contributed by atoms with Crippen molar-refractivity contribution in [2.24, 2.45) is 0 Å². The molecule has 2 N–H and O–H groups in total. The number of hydrogen-bond acceptors (Lipinski definition) is 5. The van der Waals surface area contributed by atoms with E-state index in [1.807, 2.05) is 29.6 Å². The van der Waals surface area contributed by atoms with Gasteiger partial charge in [-0.3, -0.25) is 9.59 Å². The zero-order valence-corrected chi connectivity index (χ0v) is 17.0. The Morgan fingerprint density at radius 1 is 1.00 bits per heavy atom. The lowest BCUT2D eigenvalue weighted by atomic mass is 10.1. The first-order chi connectivity index (χ1) is 14.1. The summed E-state index contributed by atoms with van der Waals surface area (Å²) in [7, 11) is 3.14. The van der Waals surface area contributed by atoms with Crippen LogP contribution in [-0.4, -0.2) is 26.0 Å². The number of thiophene rings is 1. The molecule has 3 aromatic rings. The van der Waals surface area contributed by atoms with Gasteiger partial charge in [0.2, 0.25) is 5.91 Å². The van der Waals surface area contributed by atoms with Crippen molar-refractivity contribution in [2.45, 2.75) is 12.6 Å². The molecule has 0 radical (unpaired) electrons. The van der Waals surface area contributed by atoms with Crippen LogP contribution in [0.3, 0.4) is 0 Å². The van der Waals surface area contributed by atoms with Crippen LogP contribution in [0.1, 0.15) is 26.8 Å². The molecular formula is C22H22N2O4S. The van der Waals surface area contributed by atoms with Crippen LogP contribution in [-0.2, 0) is 11.3 Å². The van der Waals surface area contributed by atoms with E-state index in [0.29, 0.717) is 17.1 Å². The second kappa shape index (κ2) is 9.75. The molecule has 0 aliphatic rings. The van der Waals surface area contributed by atoms with Gasteiger partial charge in [0.15, 0.2) is 0 Å². The van der Waals surface area contributed by atoms with Crippen molar-refractivity contribution in [2.75, 3.05) is 14.2 Å². The molecule has 3 rings (SSSR count). The quantitative estimate of drug-likeness (QED) is 0.595. The molecule has 1 atom stereocenters. The van der Waals surface area contributed by atoms with Crippen LogP contribution in [0.25, 0.3) is 0 Å². The Kier molecular flexibility index (Phi) is 6.86. The monoisotopic (exact) mass is 410 g/mol. The summed E-state index contributed by atoms with van der Waals surface area (Å²) in [5.41, 5.74) is 1.31. The van der Waals surface area contributed by atoms with E-state index >= 15 is 0 Å². The predicted octanol–water partition coefficient (Wildman–Crippen LogP) is 3.55. The molecular weight excluding hydrogens is 388 g/mol. The van der Waals surface area contributed by atoms with Gasteiger partial charge in [-0.1, -0.05) is 24.3 Å². The molecule has 150 valence electrons. The van der Waals surface area contributed by atoms with Crippen LogP contribution >= 0.6 is 11.3 Å². The number of hydrogen-bond donors (Lipinski definition) is 2. The Balaban J connectivity index is 1.73. The lowest BCUT2D eigenvalue weighted by Crippen LogP contribution is -2.39. The lowest BCUT2D eigenvalue weighted by Gasteiger charge is -2.18. The average molecular weight is 410 g/mol. The third-order valence-electron chi connectivity index (χ3n) is 4.35. The third-order valence-corrected chi connectivity index (χ3v) is 5.29. The van der Waals surface area contributed by atoms with Gasteiger partial charge in [0.1, 0.15) is 17.5 Å². The van der Waals surface area contributed by atoms with E-state index in [1.54, 1.807) is 50.6 Å². The Bertz CT molecular complexity index is 958. The topological polar surface area (TPSA) is 76.7 Å². The summed E-state index contributed by atoms with van der Waals surface area (Å²) in [5.74, 6) is 0.685. The Hall–Kier alpha value is -3.32. The smallest absolute Gasteiger partial charge is 0.252 e. The van der Waals surface area contributed by atoms with Crippen molar-refractivity contribution in [1.82, 2.24) is 10.6 Å². The van der Waals surface area contributed by atoms with Gasteiger partial charge in [-0.25, -0.2) is 0 Å². The van der Waals surface area contributed by atoms with Gasteiger partial charge in [-0.05, 0) is 35.7 Å². The maximum absolute atomic E-state index is 12.9. The minimum Gasteiger partial charge on any atom is -0.497 e. The molecule has 0 saturated heterocycles. The normalized spacial score (nSPS) is 11.4. The number of carbonyl (C=O) groups excluding carboxylic acids is 2. The molecule has 0 spiro atoms. The maximum atomic E-state index is 12.9. The van der Waals surface area contributed by atoms with Crippen molar-refractivity contribution in [1.29, 1.82) is 0 Å². The fourth-order valence-corrected chi connectivity index (χ4v) is 3.58. The van der Waals surface area contributed by atoms with Gasteiger partial charge in [-0.2, -0.15) is 0 Å². The molecule has 7 heteroatoms. The zero-order chi connectivity index (χ0) is 20.6. The molecule has 0 bridgehead atoms. The minimum absolute atomic E-state index is 0.259. The maximum Gasteiger partial charge on any atom is 0.252 e. The van der Waals surface area contributed by atoms with Crippen molar-refractivity contribution in [3.8, 4) is 11.5 Å². The molecule has 2 aromatic carbocycles. The second-order valence-corrected chi connectivity index (χ2v) is 7.16. The van der Waals surface area contributed by atoms with E-state index in [2.05, 4.69) is 10.6 Å². The van der Waals surface area contributed by atoms with Gasteiger partial charge >= 0.3 is 0 Å². The van der Waals surface area contributed by atoms with Gasteiger partial charge < -0.3 is 20.1 Å². The fourth-order valence-electron chi connectivity index (χ4n) is 2.81. The fraction of sp³-hybridized carbons (Fsp3) is 0.182. The molecule has 0 fully saturated rings. The van der Waals surface area contributed by atoms with Crippen LogP contribution in [0.15, 0.2) is 66.0 Å². The van der Waals surface area contributed by atoms with E-state index in [0.717, 1.165) is 10.4 Å². The number of ether oxygens (including phenoxy) is 2. The number of methoxy groups -OCH3 is 2. The number of rotatable bonds is 8. The highest BCUT2D eigenvalue weighted by molar-refractivity contribution is 7.10. The van der Waals surface area contributed by atoms with E-state index in [9.17, 15) is 9.59 Å². The molecule has 0 saturated carbocycles. The first kappa shape index (κ1) is 20.4. The molecule has 2 amide bonds. The average Bonchev–Trinajstić information content (AvgIpc) is 3.30. The minimum atomic E-state index is -0.785. The summed E-state index contributed by atoms with van der Waals surface area (Å²) < 4.78 is 10.6. The molecule has 29 heavy (non-hydrogen) atoms. The van der Waals surface area contributed by atoms with E-state index in [1.165, 1.54) is 11.3 Å². The van der Waals surface area contributed by atoms with Crippen molar-refractivity contribution >= 4 is 23.2 Å². The van der Waals surface area contributed by atoms with Crippen molar-refractivity contribution in [3.63, 3.8) is 0 Å². The molecule has 6 nitrogen and oxygen atoms in total. The van der Waals surface area contributed by atoms with Crippen LogP contribution in [0, 0.1) is 0 Å². The van der Waals surface area contributed by atoms with Crippen molar-refractivity contribution < 1.29 is 19.1 Å². The number of carbonyl (C=O) groups is 2. The molecule has 0 aliphatic carbocycles. The summed E-state index contributed by atoms with van der Waals surface area (Å²) in [6, 6.07) is 17.1. The lowest BCUT2D eigenvalue weighted by molar-refractivity contribution is -0.123. The molecule has 1 aromatic heterocycles. The Labute approximate surface area is 173 Å². The molecule has 0 aliphatic heterocycles. The first-order valence-electron chi connectivity index (χ1n) is 9.00. The largest absolute Gasteiger partial charge is 0.497 e. The van der Waals surface area contributed by atoms with E-state index in [-0.39, 0.29) is 18.4 Å². The van der Waals surface area contributed by atoms with E-state index in [4.69, 9.17) is 9.47 Å². The highest BCUT2D eigenvalue weighted by Crippen LogP contribution is 2.25. The number of nitrogens with one attached hydrogen (secondary N) is 2. The molecule has 1 heterocycles. The first-order valence-corrected chi connectivity index (χ1v) is 9.88. The number of benzene rings is 2. The summed E-state index contributed by atoms with van der Waals surface area (Å²) in [4.78, 5) is 26.3. The zero-order valence-electron chi connectivity index (χ0n) is 16.2. The number of amides is 2. The van der Waals surface area contributed by atoms with Crippen LogP contribution < -0.4 is 20.1 Å². The van der Waals surface area contributed by atoms with E-state index < -0.39 is 6.04 Å². The van der Waals surface area contributed by atoms with Gasteiger partial charge in [-0.15, -0.1) is 11.3 Å². The molecule has 1 unspecified atom stereocenters. The summed E-state index contributed by atoms with van der Waals surface area (Å²) >= 11 is 1.41. The summed E-state index contributed by atoms with van der Waals surface area (Å²) in [6.45, 7) is 0.259.